The van der Waals surface area contributed by atoms with Crippen LogP contribution in [0.15, 0.2) is 0 Å². The second-order valence-electron chi connectivity index (χ2n) is 4.73. The van der Waals surface area contributed by atoms with Crippen LogP contribution < -0.4 is 5.32 Å². The Labute approximate surface area is 107 Å². The largest absolute Gasteiger partial charge is 0.480 e. The van der Waals surface area contributed by atoms with Crippen LogP contribution in [0, 0.1) is 5.92 Å². The van der Waals surface area contributed by atoms with Gasteiger partial charge in [-0.15, -0.1) is 0 Å². The van der Waals surface area contributed by atoms with Crippen LogP contribution in [0.5, 0.6) is 0 Å². The van der Waals surface area contributed by atoms with E-state index in [0.717, 1.165) is 11.7 Å². The molecule has 0 heterocycles. The number of aliphatic carboxylic acids is 1. The summed E-state index contributed by atoms with van der Waals surface area (Å²) in [5, 5.41) is 11.9. The molecule has 0 aromatic rings. The molecule has 0 spiro atoms. The minimum atomic E-state index is -0.949. The van der Waals surface area contributed by atoms with Gasteiger partial charge in [0.25, 0.3) is 0 Å². The maximum absolute atomic E-state index is 10.8. The van der Waals surface area contributed by atoms with Crippen molar-refractivity contribution in [2.75, 3.05) is 5.75 Å². The predicted octanol–water partition coefficient (Wildman–Crippen LogP) is 1.89. The summed E-state index contributed by atoms with van der Waals surface area (Å²) in [5.41, 5.74) is 0. The first-order valence-electron chi connectivity index (χ1n) is 6.17. The van der Waals surface area contributed by atoms with Crippen LogP contribution in [-0.2, 0) is 9.59 Å². The maximum atomic E-state index is 10.8. The van der Waals surface area contributed by atoms with Gasteiger partial charge in [-0.25, -0.2) is 4.79 Å². The van der Waals surface area contributed by atoms with Gasteiger partial charge in [-0.3, -0.25) is 4.79 Å². The Morgan fingerprint density at radius 1 is 1.59 bits per heavy atom. The van der Waals surface area contributed by atoms with Gasteiger partial charge in [-0.05, 0) is 30.9 Å². The summed E-state index contributed by atoms with van der Waals surface area (Å²) < 4.78 is 0. The van der Waals surface area contributed by atoms with Gasteiger partial charge in [0.15, 0.2) is 0 Å². The van der Waals surface area contributed by atoms with Crippen molar-refractivity contribution in [3.63, 3.8) is 0 Å². The Morgan fingerprint density at radius 3 is 2.94 bits per heavy atom. The third kappa shape index (κ3) is 5.44. The molecule has 1 amide bonds. The minimum Gasteiger partial charge on any atom is -0.480 e. The van der Waals surface area contributed by atoms with Gasteiger partial charge in [0.1, 0.15) is 6.04 Å². The molecule has 3 unspecified atom stereocenters. The highest BCUT2D eigenvalue weighted by molar-refractivity contribution is 7.99. The summed E-state index contributed by atoms with van der Waals surface area (Å²) in [7, 11) is 0. The van der Waals surface area contributed by atoms with Crippen molar-refractivity contribution in [1.82, 2.24) is 5.32 Å². The summed E-state index contributed by atoms with van der Waals surface area (Å²) in [4.78, 5) is 21.0. The van der Waals surface area contributed by atoms with Crippen molar-refractivity contribution >= 4 is 24.1 Å². The molecule has 2 N–H and O–H groups in total. The highest BCUT2D eigenvalue weighted by Crippen LogP contribution is 2.32. The normalized spacial score (nSPS) is 26.2. The number of rotatable bonds is 7. The lowest BCUT2D eigenvalue weighted by atomic mass is 9.91. The van der Waals surface area contributed by atoms with Gasteiger partial charge in [-0.1, -0.05) is 19.8 Å². The third-order valence-corrected chi connectivity index (χ3v) is 4.59. The zero-order valence-corrected chi connectivity index (χ0v) is 11.0. The van der Waals surface area contributed by atoms with E-state index >= 15 is 0 Å². The monoisotopic (exact) mass is 259 g/mol. The highest BCUT2D eigenvalue weighted by atomic mass is 32.2. The summed E-state index contributed by atoms with van der Waals surface area (Å²) in [5.74, 6) is 0.647. The van der Waals surface area contributed by atoms with E-state index in [9.17, 15) is 9.59 Å². The van der Waals surface area contributed by atoms with Crippen molar-refractivity contribution < 1.29 is 14.7 Å². The molecule has 1 saturated carbocycles. The number of hydrogen-bond acceptors (Lipinski definition) is 3. The highest BCUT2D eigenvalue weighted by Gasteiger charge is 2.21. The van der Waals surface area contributed by atoms with Crippen molar-refractivity contribution in [2.24, 2.45) is 5.92 Å². The molecule has 1 aliphatic rings. The third-order valence-electron chi connectivity index (χ3n) is 3.22. The molecular formula is C12H21NO3S. The lowest BCUT2D eigenvalue weighted by Gasteiger charge is -2.26. The molecule has 0 bridgehead atoms. The van der Waals surface area contributed by atoms with E-state index < -0.39 is 12.0 Å². The molecule has 1 rings (SSSR count). The van der Waals surface area contributed by atoms with E-state index in [4.69, 9.17) is 5.11 Å². The number of nitrogens with one attached hydrogen (secondary N) is 1. The van der Waals surface area contributed by atoms with E-state index in [0.29, 0.717) is 18.1 Å². The predicted molar refractivity (Wildman–Crippen MR) is 69.1 cm³/mol. The molecule has 5 heteroatoms. The lowest BCUT2D eigenvalue weighted by molar-refractivity contribution is -0.140. The molecule has 0 aromatic carbocycles. The quantitative estimate of drug-likeness (QED) is 0.685. The summed E-state index contributed by atoms with van der Waals surface area (Å²) in [6.07, 6.45) is 6.06. The van der Waals surface area contributed by atoms with Crippen LogP contribution in [0.25, 0.3) is 0 Å². The molecule has 3 atom stereocenters. The van der Waals surface area contributed by atoms with Gasteiger partial charge in [0.2, 0.25) is 6.41 Å². The van der Waals surface area contributed by atoms with Gasteiger partial charge in [0.05, 0.1) is 0 Å². The molecule has 17 heavy (non-hydrogen) atoms. The van der Waals surface area contributed by atoms with E-state index in [2.05, 4.69) is 12.2 Å². The number of carbonyl (C=O) groups is 2. The summed E-state index contributed by atoms with van der Waals surface area (Å²) in [6, 6.07) is -0.735. The average Bonchev–Trinajstić information content (AvgIpc) is 2.28. The Bertz CT molecular complexity index is 260. The number of hydrogen-bond donors (Lipinski definition) is 2. The van der Waals surface area contributed by atoms with Gasteiger partial charge in [-0.2, -0.15) is 11.8 Å². The second kappa shape index (κ2) is 7.58. The molecule has 0 aliphatic heterocycles. The minimum absolute atomic E-state index is 0.464. The van der Waals surface area contributed by atoms with Gasteiger partial charge >= 0.3 is 5.97 Å². The average molecular weight is 259 g/mol. The number of amides is 1. The summed E-state index contributed by atoms with van der Waals surface area (Å²) >= 11 is 1.85. The Morgan fingerprint density at radius 2 is 2.35 bits per heavy atom. The topological polar surface area (TPSA) is 66.4 Å². The smallest absolute Gasteiger partial charge is 0.326 e. The number of carbonyl (C=O) groups excluding carboxylic acids is 1. The fourth-order valence-electron chi connectivity index (χ4n) is 2.24. The fraction of sp³-hybridized carbons (Fsp3) is 0.833. The molecule has 1 aliphatic carbocycles. The summed E-state index contributed by atoms with van der Waals surface area (Å²) in [6.45, 7) is 2.28. The van der Waals surface area contributed by atoms with Crippen molar-refractivity contribution in [1.29, 1.82) is 0 Å². The Hall–Kier alpha value is -0.710. The van der Waals surface area contributed by atoms with E-state index in [-0.39, 0.29) is 0 Å². The van der Waals surface area contributed by atoms with Gasteiger partial charge in [0, 0.05) is 5.25 Å². The number of carboxylic acids is 1. The molecule has 1 fully saturated rings. The van der Waals surface area contributed by atoms with Crippen molar-refractivity contribution in [3.05, 3.63) is 0 Å². The van der Waals surface area contributed by atoms with Crippen LogP contribution in [0.1, 0.15) is 39.0 Å². The molecular weight excluding hydrogens is 238 g/mol. The van der Waals surface area contributed by atoms with Crippen LogP contribution in [0.3, 0.4) is 0 Å². The van der Waals surface area contributed by atoms with Gasteiger partial charge < -0.3 is 10.4 Å². The first-order valence-corrected chi connectivity index (χ1v) is 7.22. The fourth-order valence-corrected chi connectivity index (χ4v) is 3.75. The SMILES string of the molecule is CC1CCCC(SCCC(NC=O)C(=O)O)C1. The Balaban J connectivity index is 2.21. The van der Waals surface area contributed by atoms with Crippen LogP contribution in [-0.4, -0.2) is 34.5 Å². The lowest BCUT2D eigenvalue weighted by Crippen LogP contribution is -2.36. The zero-order valence-electron chi connectivity index (χ0n) is 10.2. The first kappa shape index (κ1) is 14.4. The standard InChI is InChI=1S/C12H21NO3S/c1-9-3-2-4-10(7-9)17-6-5-11(12(15)16)13-8-14/h8-11H,2-7H2,1H3,(H,13,14)(H,15,16). The number of thioether (sulfide) groups is 1. The molecule has 4 nitrogen and oxygen atoms in total. The Kier molecular flexibility index (Phi) is 6.40. The zero-order chi connectivity index (χ0) is 12.7. The van der Waals surface area contributed by atoms with Crippen LogP contribution >= 0.6 is 11.8 Å². The second-order valence-corrected chi connectivity index (χ2v) is 6.14. The molecule has 0 aromatic heterocycles. The van der Waals surface area contributed by atoms with E-state index in [1.807, 2.05) is 11.8 Å². The van der Waals surface area contributed by atoms with Crippen molar-refractivity contribution in [2.45, 2.75) is 50.3 Å². The first-order chi connectivity index (χ1) is 8.13. The molecule has 0 saturated heterocycles. The maximum Gasteiger partial charge on any atom is 0.326 e. The van der Waals surface area contributed by atoms with Crippen LogP contribution in [0.4, 0.5) is 0 Å². The van der Waals surface area contributed by atoms with Crippen LogP contribution in [0.2, 0.25) is 0 Å². The van der Waals surface area contributed by atoms with E-state index in [1.165, 1.54) is 25.7 Å². The van der Waals surface area contributed by atoms with Crippen molar-refractivity contribution in [3.8, 4) is 0 Å². The molecule has 98 valence electrons. The number of carboxylic acid groups (broad SMARTS) is 1. The van der Waals surface area contributed by atoms with E-state index in [1.54, 1.807) is 0 Å². The molecule has 0 radical (unpaired) electrons.